The van der Waals surface area contributed by atoms with Crippen molar-refractivity contribution in [2.75, 3.05) is 12.8 Å². The smallest absolute Gasteiger partial charge is 0.246 e. The van der Waals surface area contributed by atoms with Crippen LogP contribution in [0.3, 0.4) is 0 Å². The first-order chi connectivity index (χ1) is 9.71. The lowest BCUT2D eigenvalue weighted by atomic mass is 10.3. The van der Waals surface area contributed by atoms with Gasteiger partial charge in [0.2, 0.25) is 10.0 Å². The van der Waals surface area contributed by atoms with E-state index in [0.717, 1.165) is 20.3 Å². The van der Waals surface area contributed by atoms with Crippen LogP contribution in [0.1, 0.15) is 9.88 Å². The molecule has 0 fully saturated rings. The predicted molar refractivity (Wildman–Crippen MR) is 84.0 cm³/mol. The Kier molecular flexibility index (Phi) is 4.66. The van der Waals surface area contributed by atoms with Crippen molar-refractivity contribution in [1.82, 2.24) is 9.29 Å². The Morgan fingerprint density at radius 1 is 1.48 bits per heavy atom. The van der Waals surface area contributed by atoms with Gasteiger partial charge < -0.3 is 5.73 Å². The number of rotatable bonds is 4. The summed E-state index contributed by atoms with van der Waals surface area (Å²) in [4.78, 5) is 4.40. The van der Waals surface area contributed by atoms with Crippen molar-refractivity contribution in [3.63, 3.8) is 0 Å². The fraction of sp³-hybridized carbons (Fsp3) is 0.250. The second-order valence-electron chi connectivity index (χ2n) is 4.42. The first-order valence-corrected chi connectivity index (χ1v) is 8.89. The van der Waals surface area contributed by atoms with E-state index in [1.807, 2.05) is 6.92 Å². The molecule has 0 saturated heterocycles. The average molecular weight is 394 g/mol. The van der Waals surface area contributed by atoms with Gasteiger partial charge >= 0.3 is 0 Å². The van der Waals surface area contributed by atoms with E-state index in [0.29, 0.717) is 0 Å². The van der Waals surface area contributed by atoms with Crippen LogP contribution in [-0.4, -0.2) is 24.8 Å². The number of nitrogens with zero attached hydrogens (tertiary/aromatic N) is 2. The zero-order valence-corrected chi connectivity index (χ0v) is 14.5. The summed E-state index contributed by atoms with van der Waals surface area (Å²) in [6.07, 6.45) is 1.61. The van der Waals surface area contributed by atoms with Crippen LogP contribution in [0.15, 0.2) is 27.7 Å². The summed E-state index contributed by atoms with van der Waals surface area (Å²) >= 11 is 4.36. The molecule has 0 radical (unpaired) electrons. The Bertz CT molecular complexity index is 777. The van der Waals surface area contributed by atoms with Gasteiger partial charge in [-0.3, -0.25) is 0 Å². The molecular weight excluding hydrogens is 381 g/mol. The van der Waals surface area contributed by atoms with Gasteiger partial charge in [0.15, 0.2) is 5.82 Å². The third-order valence-electron chi connectivity index (χ3n) is 2.75. The third-order valence-corrected chi connectivity index (χ3v) is 6.03. The van der Waals surface area contributed by atoms with Crippen molar-refractivity contribution in [1.29, 1.82) is 0 Å². The summed E-state index contributed by atoms with van der Waals surface area (Å²) in [5.74, 6) is -0.850. The third kappa shape index (κ3) is 3.42. The molecule has 1 aromatic carbocycles. The number of thiazole rings is 1. The van der Waals surface area contributed by atoms with Gasteiger partial charge in [-0.05, 0) is 35.0 Å². The maximum absolute atomic E-state index is 14.1. The molecular formula is C12H13BrFN3O2S2. The lowest BCUT2D eigenvalue weighted by Gasteiger charge is -2.17. The van der Waals surface area contributed by atoms with E-state index in [1.54, 1.807) is 6.20 Å². The minimum Gasteiger partial charge on any atom is -0.399 e. The average Bonchev–Trinajstić information content (AvgIpc) is 2.79. The Morgan fingerprint density at radius 2 is 2.14 bits per heavy atom. The van der Waals surface area contributed by atoms with Crippen LogP contribution in [-0.2, 0) is 16.6 Å². The number of sulfonamides is 1. The van der Waals surface area contributed by atoms with Gasteiger partial charge in [-0.2, -0.15) is 4.31 Å². The molecule has 0 amide bonds. The number of benzene rings is 1. The number of hydrogen-bond donors (Lipinski definition) is 1. The lowest BCUT2D eigenvalue weighted by molar-refractivity contribution is 0.462. The number of nitrogen functional groups attached to an aromatic ring is 1. The highest BCUT2D eigenvalue weighted by Crippen LogP contribution is 2.28. The monoisotopic (exact) mass is 393 g/mol. The first-order valence-electron chi connectivity index (χ1n) is 5.84. The molecule has 5 nitrogen and oxygen atoms in total. The topological polar surface area (TPSA) is 76.3 Å². The van der Waals surface area contributed by atoms with E-state index in [1.165, 1.54) is 24.5 Å². The Balaban J connectivity index is 2.37. The van der Waals surface area contributed by atoms with E-state index in [2.05, 4.69) is 20.9 Å². The van der Waals surface area contributed by atoms with Gasteiger partial charge in [0.25, 0.3) is 0 Å². The zero-order chi connectivity index (χ0) is 15.8. The van der Waals surface area contributed by atoms with Crippen molar-refractivity contribution >= 4 is 43.0 Å². The van der Waals surface area contributed by atoms with Crippen molar-refractivity contribution in [2.45, 2.75) is 18.4 Å². The van der Waals surface area contributed by atoms with Crippen molar-refractivity contribution < 1.29 is 12.8 Å². The highest BCUT2D eigenvalue weighted by atomic mass is 79.9. The molecule has 0 unspecified atom stereocenters. The molecule has 21 heavy (non-hydrogen) atoms. The van der Waals surface area contributed by atoms with Crippen LogP contribution in [0.2, 0.25) is 0 Å². The van der Waals surface area contributed by atoms with E-state index < -0.39 is 20.7 Å². The minimum atomic E-state index is -3.98. The van der Waals surface area contributed by atoms with E-state index in [4.69, 9.17) is 5.73 Å². The van der Waals surface area contributed by atoms with Gasteiger partial charge in [0.05, 0.1) is 9.48 Å². The Morgan fingerprint density at radius 3 is 2.71 bits per heavy atom. The second kappa shape index (κ2) is 5.99. The maximum atomic E-state index is 14.1. The van der Waals surface area contributed by atoms with Crippen LogP contribution in [0.4, 0.5) is 10.1 Å². The summed E-state index contributed by atoms with van der Waals surface area (Å²) < 4.78 is 40.1. The highest BCUT2D eigenvalue weighted by Gasteiger charge is 2.26. The fourth-order valence-corrected chi connectivity index (χ4v) is 4.53. The highest BCUT2D eigenvalue weighted by molar-refractivity contribution is 9.10. The minimum absolute atomic E-state index is 0.0168. The van der Waals surface area contributed by atoms with Crippen LogP contribution in [0, 0.1) is 12.7 Å². The van der Waals surface area contributed by atoms with E-state index in [-0.39, 0.29) is 16.7 Å². The van der Waals surface area contributed by atoms with Crippen molar-refractivity contribution in [3.05, 3.63) is 38.5 Å². The molecule has 1 aromatic heterocycles. The number of halogens is 2. The molecule has 2 N–H and O–H groups in total. The molecule has 0 aliphatic rings. The quantitative estimate of drug-likeness (QED) is 0.810. The predicted octanol–water partition coefficient (Wildman–Crippen LogP) is 2.76. The molecule has 0 atom stereocenters. The molecule has 2 aromatic rings. The summed E-state index contributed by atoms with van der Waals surface area (Å²) in [7, 11) is -2.59. The molecule has 1 heterocycles. The lowest BCUT2D eigenvalue weighted by Crippen LogP contribution is -2.27. The number of aromatic nitrogens is 1. The standard InChI is InChI=1S/C12H13BrFN3O2S2/c1-7-16-5-9(20-7)6-17(2)21(18,19)11-4-8(15)3-10(13)12(11)14/h3-5H,6,15H2,1-2H3. The molecule has 114 valence electrons. The second-order valence-corrected chi connectivity index (χ2v) is 8.61. The maximum Gasteiger partial charge on any atom is 0.246 e. The molecule has 9 heteroatoms. The molecule has 0 spiro atoms. The molecule has 0 aliphatic carbocycles. The number of nitrogens with two attached hydrogens (primary N) is 1. The summed E-state index contributed by atoms with van der Waals surface area (Å²) in [6, 6.07) is 2.44. The molecule has 0 bridgehead atoms. The van der Waals surface area contributed by atoms with Crippen LogP contribution in [0.5, 0.6) is 0 Å². The van der Waals surface area contributed by atoms with Gasteiger partial charge in [-0.25, -0.2) is 17.8 Å². The van der Waals surface area contributed by atoms with Gasteiger partial charge in [0.1, 0.15) is 4.90 Å². The Labute approximate surface area is 134 Å². The zero-order valence-electron chi connectivity index (χ0n) is 11.3. The van der Waals surface area contributed by atoms with Crippen molar-refractivity contribution in [3.8, 4) is 0 Å². The summed E-state index contributed by atoms with van der Waals surface area (Å²) in [5, 5.41) is 0.841. The van der Waals surface area contributed by atoms with Crippen LogP contribution in [0.25, 0.3) is 0 Å². The van der Waals surface area contributed by atoms with Gasteiger partial charge in [-0.15, -0.1) is 11.3 Å². The van der Waals surface area contributed by atoms with Crippen LogP contribution >= 0.6 is 27.3 Å². The Hall–Kier alpha value is -1.03. The van der Waals surface area contributed by atoms with E-state index >= 15 is 0 Å². The number of anilines is 1. The summed E-state index contributed by atoms with van der Waals surface area (Å²) in [6.45, 7) is 1.96. The number of aryl methyl sites for hydroxylation is 1. The first kappa shape index (κ1) is 16.3. The largest absolute Gasteiger partial charge is 0.399 e. The normalized spacial score (nSPS) is 12.0. The molecule has 0 aliphatic heterocycles. The van der Waals surface area contributed by atoms with E-state index in [9.17, 15) is 12.8 Å². The van der Waals surface area contributed by atoms with Gasteiger partial charge in [-0.1, -0.05) is 0 Å². The number of hydrogen-bond acceptors (Lipinski definition) is 5. The fourth-order valence-electron chi connectivity index (χ4n) is 1.72. The van der Waals surface area contributed by atoms with Crippen molar-refractivity contribution in [2.24, 2.45) is 0 Å². The van der Waals surface area contributed by atoms with Gasteiger partial charge in [0, 0.05) is 30.4 Å². The van der Waals surface area contributed by atoms with Crippen LogP contribution < -0.4 is 5.73 Å². The summed E-state index contributed by atoms with van der Waals surface area (Å²) in [5.41, 5.74) is 5.76. The molecule has 2 rings (SSSR count). The SMILES string of the molecule is Cc1ncc(CN(C)S(=O)(=O)c2cc(N)cc(Br)c2F)s1. The molecule has 0 saturated carbocycles.